The van der Waals surface area contributed by atoms with Crippen LogP contribution < -0.4 is 10.2 Å². The molecule has 3 unspecified atom stereocenters. The molecule has 8 nitrogen and oxygen atoms in total. The first-order chi connectivity index (χ1) is 28.0. The zero-order chi connectivity index (χ0) is 42.8. The van der Waals surface area contributed by atoms with Crippen molar-refractivity contribution in [3.8, 4) is 0 Å². The van der Waals surface area contributed by atoms with Crippen molar-refractivity contribution >= 4 is 13.7 Å². The number of unbranched alkanes of at least 4 members (excludes halogenated alkanes) is 6. The van der Waals surface area contributed by atoms with E-state index in [0.29, 0.717) is 17.4 Å². The summed E-state index contributed by atoms with van der Waals surface area (Å²) in [6.07, 6.45) is 58.6. The van der Waals surface area contributed by atoms with Crippen LogP contribution in [0.4, 0.5) is 0 Å². The molecule has 0 aliphatic heterocycles. The van der Waals surface area contributed by atoms with Gasteiger partial charge >= 0.3 is 0 Å². The highest BCUT2D eigenvalue weighted by Crippen LogP contribution is 2.38. The maximum absolute atomic E-state index is 12.8. The highest BCUT2D eigenvalue weighted by atomic mass is 31.2. The Bertz CT molecular complexity index is 1350. The van der Waals surface area contributed by atoms with E-state index in [0.717, 1.165) is 83.5 Å². The Labute approximate surface area is 354 Å². The van der Waals surface area contributed by atoms with Crippen LogP contribution in [0.25, 0.3) is 0 Å². The van der Waals surface area contributed by atoms with Crippen molar-refractivity contribution in [3.63, 3.8) is 0 Å². The molecule has 328 valence electrons. The summed E-state index contributed by atoms with van der Waals surface area (Å²) in [6, 6.07) is -0.923. The Hall–Kier alpha value is -3.10. The van der Waals surface area contributed by atoms with Crippen molar-refractivity contribution in [1.82, 2.24) is 5.32 Å². The van der Waals surface area contributed by atoms with Gasteiger partial charge in [0.25, 0.3) is 7.82 Å². The van der Waals surface area contributed by atoms with E-state index in [9.17, 15) is 19.4 Å². The summed E-state index contributed by atoms with van der Waals surface area (Å²) in [5, 5.41) is 13.6. The van der Waals surface area contributed by atoms with Crippen LogP contribution in [0.2, 0.25) is 0 Å². The van der Waals surface area contributed by atoms with E-state index in [1.165, 1.54) is 19.3 Å². The van der Waals surface area contributed by atoms with Crippen molar-refractivity contribution in [2.24, 2.45) is 0 Å². The Morgan fingerprint density at radius 3 is 1.50 bits per heavy atom. The summed E-state index contributed by atoms with van der Waals surface area (Å²) < 4.78 is 23.0. The maximum Gasteiger partial charge on any atom is 0.268 e. The molecule has 3 atom stereocenters. The fourth-order valence-electron chi connectivity index (χ4n) is 5.21. The first kappa shape index (κ1) is 54.9. The smallest absolute Gasteiger partial charge is 0.268 e. The molecule has 0 saturated heterocycles. The zero-order valence-corrected chi connectivity index (χ0v) is 37.8. The SMILES string of the molecule is CC/C=C\C/C=C\C/C=C\C/C=C\C/C=C\C/C=C\C/C=C\C/C=C\C/C=C\CCCC(=O)NC(COP(=O)([O-])OCC[N+](C)(C)C)C(O)/C=C/CCCCCCC. The van der Waals surface area contributed by atoms with Gasteiger partial charge in [0.15, 0.2) is 0 Å². The molecule has 0 aromatic carbocycles. The van der Waals surface area contributed by atoms with Crippen molar-refractivity contribution in [3.05, 3.63) is 122 Å². The van der Waals surface area contributed by atoms with Gasteiger partial charge in [0.05, 0.1) is 39.9 Å². The fourth-order valence-corrected chi connectivity index (χ4v) is 5.93. The molecule has 0 aromatic rings. The number of rotatable bonds is 37. The third kappa shape index (κ3) is 41.1. The summed E-state index contributed by atoms with van der Waals surface area (Å²) in [5.74, 6) is -0.267. The molecule has 0 aliphatic carbocycles. The minimum absolute atomic E-state index is 0.0200. The third-order valence-electron chi connectivity index (χ3n) is 8.68. The third-order valence-corrected chi connectivity index (χ3v) is 9.64. The molecule has 9 heteroatoms. The van der Waals surface area contributed by atoms with Crippen LogP contribution in [0.15, 0.2) is 122 Å². The van der Waals surface area contributed by atoms with E-state index in [2.05, 4.69) is 129 Å². The van der Waals surface area contributed by atoms with E-state index in [1.54, 1.807) is 6.08 Å². The second-order valence-corrected chi connectivity index (χ2v) is 16.7. The molecule has 1 amide bonds. The van der Waals surface area contributed by atoms with Crippen LogP contribution in [0.1, 0.15) is 129 Å². The highest BCUT2D eigenvalue weighted by Gasteiger charge is 2.23. The quantitative estimate of drug-likeness (QED) is 0.0280. The molecular weight excluding hydrogens is 744 g/mol. The Morgan fingerprint density at radius 1 is 0.621 bits per heavy atom. The van der Waals surface area contributed by atoms with Gasteiger partial charge in [-0.1, -0.05) is 161 Å². The number of phosphoric ester groups is 1. The molecule has 2 N–H and O–H groups in total. The van der Waals surface area contributed by atoms with Crippen LogP contribution in [0, 0.1) is 0 Å². The number of nitrogens with one attached hydrogen (secondary N) is 1. The van der Waals surface area contributed by atoms with Gasteiger partial charge in [0.2, 0.25) is 5.91 Å². The largest absolute Gasteiger partial charge is 0.756 e. The number of allylic oxidation sites excluding steroid dienone is 19. The molecule has 0 saturated carbocycles. The van der Waals surface area contributed by atoms with E-state index >= 15 is 0 Å². The molecule has 0 spiro atoms. The number of hydrogen-bond donors (Lipinski definition) is 2. The molecule has 0 bridgehead atoms. The van der Waals surface area contributed by atoms with Gasteiger partial charge in [-0.3, -0.25) is 9.36 Å². The monoisotopic (exact) mass is 825 g/mol. The lowest BCUT2D eigenvalue weighted by atomic mass is 10.1. The highest BCUT2D eigenvalue weighted by molar-refractivity contribution is 7.45. The van der Waals surface area contributed by atoms with Gasteiger partial charge in [-0.05, 0) is 83.5 Å². The second-order valence-electron chi connectivity index (χ2n) is 15.3. The van der Waals surface area contributed by atoms with Gasteiger partial charge in [0, 0.05) is 6.42 Å². The van der Waals surface area contributed by atoms with Crippen LogP contribution in [0.3, 0.4) is 0 Å². The van der Waals surface area contributed by atoms with E-state index in [1.807, 2.05) is 27.2 Å². The van der Waals surface area contributed by atoms with Gasteiger partial charge in [-0.25, -0.2) is 0 Å². The first-order valence-corrected chi connectivity index (χ1v) is 23.4. The Kier molecular flexibility index (Phi) is 37.3. The molecule has 0 fully saturated rings. The molecule has 0 aromatic heterocycles. The molecule has 0 rings (SSSR count). The Morgan fingerprint density at radius 2 is 1.05 bits per heavy atom. The van der Waals surface area contributed by atoms with Gasteiger partial charge in [-0.2, -0.15) is 0 Å². The number of amides is 1. The summed E-state index contributed by atoms with van der Waals surface area (Å²) in [4.78, 5) is 25.1. The molecular formula is C49H81N2O6P. The standard InChI is InChI=1S/C49H81N2O6P/c1-6-8-10-12-14-15-16-17-18-19-20-21-22-23-24-25-26-27-28-29-30-31-32-33-34-35-37-39-41-43-49(53)50-47(48(52)42-40-38-36-13-11-9-7-2)46-57-58(54,55)56-45-44-51(3,4)5/h8,10,14-15,17-18,20-21,23-24,26-27,29-30,32-33,35,37,40,42,47-48,52H,6-7,9,11-13,16,19,22,25,28,31,34,36,38-39,41,43-46H2,1-5H3,(H-,50,53,54,55)/b10-8-,15-14-,18-17-,21-20-,24-23-,27-26-,30-29-,33-32-,37-35-,42-40+. The summed E-state index contributed by atoms with van der Waals surface area (Å²) in [7, 11) is 1.19. The average molecular weight is 825 g/mol. The number of hydrogen-bond acceptors (Lipinski definition) is 6. The van der Waals surface area contributed by atoms with Crippen LogP contribution in [0.5, 0.6) is 0 Å². The number of likely N-dealkylation sites (N-methyl/N-ethyl adjacent to an activating group) is 1. The predicted octanol–water partition coefficient (Wildman–Crippen LogP) is 11.7. The number of carbonyl (C=O) groups is 1. The lowest BCUT2D eigenvalue weighted by molar-refractivity contribution is -0.870. The lowest BCUT2D eigenvalue weighted by Gasteiger charge is -2.29. The number of nitrogens with zero attached hydrogens (tertiary/aromatic N) is 1. The zero-order valence-electron chi connectivity index (χ0n) is 36.9. The molecule has 58 heavy (non-hydrogen) atoms. The van der Waals surface area contributed by atoms with Gasteiger partial charge in [0.1, 0.15) is 13.2 Å². The van der Waals surface area contributed by atoms with E-state index < -0.39 is 26.6 Å². The number of aliphatic hydroxyl groups excluding tert-OH is 1. The van der Waals surface area contributed by atoms with E-state index in [-0.39, 0.29) is 18.9 Å². The topological polar surface area (TPSA) is 108 Å². The van der Waals surface area contributed by atoms with Crippen LogP contribution >= 0.6 is 7.82 Å². The van der Waals surface area contributed by atoms with Crippen LogP contribution in [-0.2, 0) is 18.4 Å². The van der Waals surface area contributed by atoms with Gasteiger partial charge < -0.3 is 28.8 Å². The number of carbonyl (C=O) groups excluding carboxylic acids is 1. The van der Waals surface area contributed by atoms with Crippen molar-refractivity contribution in [2.45, 2.75) is 142 Å². The van der Waals surface area contributed by atoms with E-state index in [4.69, 9.17) is 9.05 Å². The first-order valence-electron chi connectivity index (χ1n) is 21.9. The predicted molar refractivity (Wildman–Crippen MR) is 246 cm³/mol. The fraction of sp³-hybridized carbons (Fsp3) is 0.571. The second kappa shape index (κ2) is 39.4. The summed E-state index contributed by atoms with van der Waals surface area (Å²) in [5.41, 5.74) is 0. The molecule has 0 aliphatic rings. The minimum Gasteiger partial charge on any atom is -0.756 e. The van der Waals surface area contributed by atoms with Crippen molar-refractivity contribution < 1.29 is 32.9 Å². The lowest BCUT2D eigenvalue weighted by Crippen LogP contribution is -2.45. The number of quaternary nitrogens is 1. The summed E-state index contributed by atoms with van der Waals surface area (Å²) in [6.45, 7) is 4.38. The Balaban J connectivity index is 4.34. The van der Waals surface area contributed by atoms with Gasteiger partial charge in [-0.15, -0.1) is 0 Å². The number of aliphatic hydroxyl groups is 1. The molecule has 0 heterocycles. The maximum atomic E-state index is 12.8. The van der Waals surface area contributed by atoms with Crippen molar-refractivity contribution in [2.75, 3.05) is 40.9 Å². The van der Waals surface area contributed by atoms with Crippen molar-refractivity contribution in [1.29, 1.82) is 0 Å². The minimum atomic E-state index is -4.60. The average Bonchev–Trinajstić information content (AvgIpc) is 3.17. The van der Waals surface area contributed by atoms with Crippen LogP contribution in [-0.4, -0.2) is 68.5 Å². The normalized spacial score (nSPS) is 15.5. The molecule has 0 radical (unpaired) electrons. The number of phosphoric acid groups is 1. The summed E-state index contributed by atoms with van der Waals surface area (Å²) >= 11 is 0.